The van der Waals surface area contributed by atoms with E-state index in [0.717, 1.165) is 0 Å². The third-order valence-electron chi connectivity index (χ3n) is 5.44. The Kier molecular flexibility index (Phi) is 8.04. The number of phenolic OH excluding ortho intramolecular Hbond substituents is 2. The van der Waals surface area contributed by atoms with Gasteiger partial charge in [0.25, 0.3) is 0 Å². The van der Waals surface area contributed by atoms with Gasteiger partial charge in [0, 0.05) is 0 Å². The third-order valence-corrected chi connectivity index (χ3v) is 9.07. The second-order valence-corrected chi connectivity index (χ2v) is 11.8. The molecule has 4 aromatic rings. The highest BCUT2D eigenvalue weighted by Gasteiger charge is 2.22. The van der Waals surface area contributed by atoms with E-state index in [1.54, 1.807) is 24.3 Å². The van der Waals surface area contributed by atoms with E-state index < -0.39 is 19.7 Å². The first-order valence-electron chi connectivity index (χ1n) is 11.4. The lowest BCUT2D eigenvalue weighted by Crippen LogP contribution is -2.03. The number of aromatic hydroxyl groups is 2. The number of phenols is 2. The minimum Gasteiger partial charge on any atom is -0.507 e. The number of hydrogen-bond donors (Lipinski definition) is 2. The molecule has 4 aromatic carbocycles. The second-order valence-electron chi connectivity index (χ2n) is 7.98. The average Bonchev–Trinajstić information content (AvgIpc) is 2.91. The van der Waals surface area contributed by atoms with E-state index in [0.29, 0.717) is 11.5 Å². The van der Waals surface area contributed by atoms with E-state index in [2.05, 4.69) is 0 Å². The predicted octanol–water partition coefficient (Wildman–Crippen LogP) is 4.78. The Morgan fingerprint density at radius 1 is 0.526 bits per heavy atom. The van der Waals surface area contributed by atoms with Gasteiger partial charge in [-0.15, -0.1) is 0 Å². The molecule has 10 heteroatoms. The van der Waals surface area contributed by atoms with Crippen LogP contribution < -0.4 is 9.47 Å². The molecule has 196 valence electrons. The molecule has 0 aliphatic carbocycles. The summed E-state index contributed by atoms with van der Waals surface area (Å²) in [5.41, 5.74) is 0. The van der Waals surface area contributed by atoms with Crippen LogP contribution in [-0.4, -0.2) is 40.3 Å². The predicted molar refractivity (Wildman–Crippen MR) is 140 cm³/mol. The van der Waals surface area contributed by atoms with Gasteiger partial charge in [-0.2, -0.15) is 0 Å². The molecule has 4 rings (SSSR count). The molecule has 2 N–H and O–H groups in total. The zero-order chi connectivity index (χ0) is 27.2. The van der Waals surface area contributed by atoms with E-state index in [-0.39, 0.29) is 44.3 Å². The first-order valence-corrected chi connectivity index (χ1v) is 14.3. The smallest absolute Gasteiger partial charge is 0.210 e. The molecular formula is C28H24O8S2. The molecule has 0 heterocycles. The maximum Gasteiger partial charge on any atom is 0.210 e. The molecule has 0 aliphatic rings. The van der Waals surface area contributed by atoms with Gasteiger partial charge in [0.2, 0.25) is 19.7 Å². The van der Waals surface area contributed by atoms with Crippen LogP contribution in [0.15, 0.2) is 129 Å². The fourth-order valence-electron chi connectivity index (χ4n) is 3.48. The second kappa shape index (κ2) is 11.4. The van der Waals surface area contributed by atoms with Gasteiger partial charge in [0.15, 0.2) is 0 Å². The third kappa shape index (κ3) is 5.99. The first-order chi connectivity index (χ1) is 18.2. The van der Waals surface area contributed by atoms with Crippen LogP contribution in [0.4, 0.5) is 0 Å². The molecule has 38 heavy (non-hydrogen) atoms. The van der Waals surface area contributed by atoms with Crippen molar-refractivity contribution in [1.29, 1.82) is 0 Å². The number of ether oxygens (including phenoxy) is 2. The number of hydrogen-bond acceptors (Lipinski definition) is 8. The molecule has 8 nitrogen and oxygen atoms in total. The lowest BCUT2D eigenvalue weighted by Gasteiger charge is -2.08. The average molecular weight is 553 g/mol. The molecule has 0 atom stereocenters. The minimum absolute atomic E-state index is 0.0367. The zero-order valence-electron chi connectivity index (χ0n) is 20.0. The molecule has 0 unspecified atom stereocenters. The Morgan fingerprint density at radius 2 is 0.868 bits per heavy atom. The summed E-state index contributed by atoms with van der Waals surface area (Å²) in [6.07, 6.45) is 3.45. The van der Waals surface area contributed by atoms with Gasteiger partial charge < -0.3 is 19.7 Å². The van der Waals surface area contributed by atoms with Crippen LogP contribution in [-0.2, 0) is 19.7 Å². The SMILES string of the molecule is O=S(=O)(c1ccc(OCC=CCOc2ccc(S(=O)(=O)c3ccccc3O)cc2)cc1)c1ccccc1O. The van der Waals surface area contributed by atoms with Crippen LogP contribution >= 0.6 is 0 Å². The zero-order valence-corrected chi connectivity index (χ0v) is 21.6. The molecule has 0 fully saturated rings. The summed E-state index contributed by atoms with van der Waals surface area (Å²) in [6.45, 7) is 0.430. The molecule has 0 saturated carbocycles. The number of benzene rings is 4. The van der Waals surface area contributed by atoms with Gasteiger partial charge in [-0.1, -0.05) is 24.3 Å². The monoisotopic (exact) mass is 552 g/mol. The largest absolute Gasteiger partial charge is 0.507 e. The first kappa shape index (κ1) is 26.8. The summed E-state index contributed by atoms with van der Waals surface area (Å²) < 4.78 is 62.0. The quantitative estimate of drug-likeness (QED) is 0.269. The Labute approximate surface area is 220 Å². The number of sulfone groups is 2. The fourth-order valence-corrected chi connectivity index (χ4v) is 6.18. The van der Waals surface area contributed by atoms with Crippen LogP contribution in [0.2, 0.25) is 0 Å². The maximum absolute atomic E-state index is 12.7. The standard InChI is InChI=1S/C28H24O8S2/c29-25-7-1-3-9-27(25)37(31,32)23-15-11-21(12-16-23)35-19-5-6-20-36-22-13-17-24(18-14-22)38(33,34)28-10-4-2-8-26(28)30/h1-18,29-30H,19-20H2. The van der Waals surface area contributed by atoms with Crippen molar-refractivity contribution in [2.24, 2.45) is 0 Å². The molecule has 0 amide bonds. The van der Waals surface area contributed by atoms with Crippen molar-refractivity contribution in [3.63, 3.8) is 0 Å². The van der Waals surface area contributed by atoms with Gasteiger partial charge >= 0.3 is 0 Å². The van der Waals surface area contributed by atoms with Crippen molar-refractivity contribution in [1.82, 2.24) is 0 Å². The van der Waals surface area contributed by atoms with Gasteiger partial charge in [-0.3, -0.25) is 0 Å². The lowest BCUT2D eigenvalue weighted by molar-refractivity contribution is 0.350. The molecule has 0 saturated heterocycles. The lowest BCUT2D eigenvalue weighted by atomic mass is 10.3. The highest BCUT2D eigenvalue weighted by molar-refractivity contribution is 7.92. The van der Waals surface area contributed by atoms with Crippen molar-refractivity contribution in [2.45, 2.75) is 19.6 Å². The van der Waals surface area contributed by atoms with Crippen molar-refractivity contribution in [3.05, 3.63) is 109 Å². The molecule has 0 bridgehead atoms. The molecule has 0 spiro atoms. The van der Waals surface area contributed by atoms with Gasteiger partial charge in [-0.05, 0) is 84.9 Å². The van der Waals surface area contributed by atoms with E-state index in [4.69, 9.17) is 9.47 Å². The highest BCUT2D eigenvalue weighted by atomic mass is 32.2. The van der Waals surface area contributed by atoms with E-state index >= 15 is 0 Å². The van der Waals surface area contributed by atoms with Crippen LogP contribution in [0, 0.1) is 0 Å². The van der Waals surface area contributed by atoms with Gasteiger partial charge in [0.05, 0.1) is 9.79 Å². The Bertz CT molecular complexity index is 1520. The van der Waals surface area contributed by atoms with Crippen molar-refractivity contribution in [3.8, 4) is 23.0 Å². The highest BCUT2D eigenvalue weighted by Crippen LogP contribution is 2.30. The van der Waals surface area contributed by atoms with Crippen LogP contribution in [0.1, 0.15) is 0 Å². The van der Waals surface area contributed by atoms with E-state index in [1.807, 2.05) is 0 Å². The Morgan fingerprint density at radius 3 is 1.21 bits per heavy atom. The summed E-state index contributed by atoms with van der Waals surface area (Å²) in [7, 11) is -7.71. The minimum atomic E-state index is -3.85. The fraction of sp³-hybridized carbons (Fsp3) is 0.0714. The summed E-state index contributed by atoms with van der Waals surface area (Å²) >= 11 is 0. The summed E-state index contributed by atoms with van der Waals surface area (Å²) in [5.74, 6) is 0.309. The van der Waals surface area contributed by atoms with E-state index in [1.165, 1.54) is 84.9 Å². The van der Waals surface area contributed by atoms with Gasteiger partial charge in [0.1, 0.15) is 46.0 Å². The number of rotatable bonds is 10. The normalized spacial score (nSPS) is 11.9. The molecule has 0 radical (unpaired) electrons. The molecule has 0 aliphatic heterocycles. The Balaban J connectivity index is 1.27. The summed E-state index contributed by atoms with van der Waals surface area (Å²) in [4.78, 5) is -0.254. The maximum atomic E-state index is 12.7. The van der Waals surface area contributed by atoms with Crippen molar-refractivity contribution < 1.29 is 36.5 Å². The van der Waals surface area contributed by atoms with E-state index in [9.17, 15) is 27.0 Å². The topological polar surface area (TPSA) is 127 Å². The number of para-hydroxylation sites is 2. The van der Waals surface area contributed by atoms with Crippen molar-refractivity contribution >= 4 is 19.7 Å². The molecule has 0 aromatic heterocycles. The van der Waals surface area contributed by atoms with Crippen LogP contribution in [0.25, 0.3) is 0 Å². The summed E-state index contributed by atoms with van der Waals surface area (Å²) in [6, 6.07) is 23.3. The molecular weight excluding hydrogens is 528 g/mol. The van der Waals surface area contributed by atoms with Crippen LogP contribution in [0.5, 0.6) is 23.0 Å². The Hall–Kier alpha value is -4.28. The summed E-state index contributed by atoms with van der Waals surface area (Å²) in [5, 5.41) is 19.7. The van der Waals surface area contributed by atoms with Crippen LogP contribution in [0.3, 0.4) is 0 Å². The van der Waals surface area contributed by atoms with Gasteiger partial charge in [-0.25, -0.2) is 16.8 Å². The van der Waals surface area contributed by atoms with Crippen molar-refractivity contribution in [2.75, 3.05) is 13.2 Å².